The Bertz CT molecular complexity index is 686. The molecule has 0 atom stereocenters. The summed E-state index contributed by atoms with van der Waals surface area (Å²) in [4.78, 5) is 25.8. The third-order valence-electron chi connectivity index (χ3n) is 2.75. The molecule has 1 N–H and O–H groups in total. The van der Waals surface area contributed by atoms with Crippen molar-refractivity contribution in [2.24, 2.45) is 7.05 Å². The van der Waals surface area contributed by atoms with Gasteiger partial charge in [-0.1, -0.05) is 11.6 Å². The topological polar surface area (TPSA) is 116 Å². The van der Waals surface area contributed by atoms with E-state index in [1.165, 1.54) is 12.3 Å². The summed E-state index contributed by atoms with van der Waals surface area (Å²) in [6, 6.07) is 1.25. The Balaban J connectivity index is 2.06. The number of pyridine rings is 1. The molecule has 0 saturated heterocycles. The van der Waals surface area contributed by atoms with E-state index >= 15 is 0 Å². The van der Waals surface area contributed by atoms with Crippen molar-refractivity contribution in [2.75, 3.05) is 6.54 Å². The molecule has 0 spiro atoms. The largest absolute Gasteiger partial charge is 0.351 e. The van der Waals surface area contributed by atoms with E-state index in [9.17, 15) is 14.9 Å². The minimum Gasteiger partial charge on any atom is -0.351 e. The van der Waals surface area contributed by atoms with Gasteiger partial charge >= 0.3 is 5.69 Å². The maximum atomic E-state index is 12.0. The molecule has 0 bridgehead atoms. The molecule has 0 aliphatic heterocycles. The molecule has 0 unspecified atom stereocenters. The molecular weight excluding hydrogens is 300 g/mol. The molecule has 2 rings (SSSR count). The highest BCUT2D eigenvalue weighted by atomic mass is 35.5. The number of aromatic nitrogens is 4. The summed E-state index contributed by atoms with van der Waals surface area (Å²) in [5.74, 6) is 0.103. The fraction of sp³-hybridized carbons (Fsp3) is 0.273. The number of rotatable bonds is 5. The van der Waals surface area contributed by atoms with Gasteiger partial charge in [-0.15, -0.1) is 10.2 Å². The van der Waals surface area contributed by atoms with Gasteiger partial charge in [-0.2, -0.15) is 0 Å². The predicted molar refractivity (Wildman–Crippen MR) is 72.9 cm³/mol. The third-order valence-corrected chi connectivity index (χ3v) is 3.02. The molecule has 1 amide bonds. The average molecular weight is 311 g/mol. The first kappa shape index (κ1) is 14.9. The van der Waals surface area contributed by atoms with Gasteiger partial charge in [0.15, 0.2) is 0 Å². The number of nitro groups is 1. The van der Waals surface area contributed by atoms with E-state index in [0.29, 0.717) is 12.2 Å². The van der Waals surface area contributed by atoms with Gasteiger partial charge in [-0.25, -0.2) is 4.98 Å². The van der Waals surface area contributed by atoms with E-state index in [2.05, 4.69) is 20.5 Å². The molecular formula is C11H11ClN6O3. The molecule has 2 heterocycles. The zero-order chi connectivity index (χ0) is 15.4. The van der Waals surface area contributed by atoms with Crippen molar-refractivity contribution in [1.29, 1.82) is 0 Å². The van der Waals surface area contributed by atoms with Crippen LogP contribution >= 0.6 is 11.6 Å². The summed E-state index contributed by atoms with van der Waals surface area (Å²) >= 11 is 5.65. The summed E-state index contributed by atoms with van der Waals surface area (Å²) < 4.78 is 1.72. The molecule has 10 heteroatoms. The van der Waals surface area contributed by atoms with Gasteiger partial charge in [0.2, 0.25) is 5.15 Å². The summed E-state index contributed by atoms with van der Waals surface area (Å²) in [7, 11) is 1.78. The van der Waals surface area contributed by atoms with Gasteiger partial charge in [0.25, 0.3) is 5.91 Å². The summed E-state index contributed by atoms with van der Waals surface area (Å²) in [5, 5.41) is 20.8. The van der Waals surface area contributed by atoms with E-state index in [0.717, 1.165) is 0 Å². The minimum atomic E-state index is -0.729. The summed E-state index contributed by atoms with van der Waals surface area (Å²) in [5.41, 5.74) is -0.631. The van der Waals surface area contributed by atoms with Gasteiger partial charge in [0.1, 0.15) is 17.7 Å². The summed E-state index contributed by atoms with van der Waals surface area (Å²) in [6.45, 7) is 0.266. The van der Waals surface area contributed by atoms with Crippen LogP contribution in [-0.2, 0) is 13.5 Å². The van der Waals surface area contributed by atoms with E-state index in [-0.39, 0.29) is 17.3 Å². The highest BCUT2D eigenvalue weighted by molar-refractivity contribution is 6.32. The molecule has 110 valence electrons. The number of carbonyl (C=O) groups is 1. The fourth-order valence-corrected chi connectivity index (χ4v) is 1.93. The number of halogens is 1. The SMILES string of the molecule is Cn1cnnc1CCNC(=O)c1ccnc(Cl)c1[N+](=O)[O-]. The maximum absolute atomic E-state index is 12.0. The van der Waals surface area contributed by atoms with Gasteiger partial charge < -0.3 is 9.88 Å². The first-order valence-electron chi connectivity index (χ1n) is 5.90. The number of nitrogens with one attached hydrogen (secondary N) is 1. The Morgan fingerprint density at radius 1 is 1.57 bits per heavy atom. The molecule has 0 radical (unpaired) electrons. The van der Waals surface area contributed by atoms with Crippen molar-refractivity contribution in [3.63, 3.8) is 0 Å². The molecule has 0 aliphatic rings. The molecule has 9 nitrogen and oxygen atoms in total. The van der Waals surface area contributed by atoms with E-state index in [4.69, 9.17) is 11.6 Å². The smallest absolute Gasteiger partial charge is 0.319 e. The average Bonchev–Trinajstić information content (AvgIpc) is 2.83. The van der Waals surface area contributed by atoms with Crippen LogP contribution in [0.1, 0.15) is 16.2 Å². The molecule has 0 fully saturated rings. The molecule has 2 aromatic rings. The van der Waals surface area contributed by atoms with Crippen LogP contribution in [0.2, 0.25) is 5.15 Å². The zero-order valence-electron chi connectivity index (χ0n) is 11.0. The van der Waals surface area contributed by atoms with Crippen molar-refractivity contribution in [2.45, 2.75) is 6.42 Å². The van der Waals surface area contributed by atoms with Crippen molar-refractivity contribution >= 4 is 23.2 Å². The van der Waals surface area contributed by atoms with Crippen LogP contribution in [0, 0.1) is 10.1 Å². The molecule has 0 aromatic carbocycles. The van der Waals surface area contributed by atoms with Crippen LogP contribution in [0.15, 0.2) is 18.6 Å². The second-order valence-corrected chi connectivity index (χ2v) is 4.48. The van der Waals surface area contributed by atoms with Crippen molar-refractivity contribution in [3.05, 3.63) is 45.2 Å². The minimum absolute atomic E-state index is 0.127. The third kappa shape index (κ3) is 3.31. The Kier molecular flexibility index (Phi) is 4.43. The monoisotopic (exact) mass is 310 g/mol. The number of amides is 1. The second-order valence-electron chi connectivity index (χ2n) is 4.12. The van der Waals surface area contributed by atoms with E-state index in [1.54, 1.807) is 17.9 Å². The lowest BCUT2D eigenvalue weighted by Crippen LogP contribution is -2.27. The molecule has 2 aromatic heterocycles. The molecule has 0 aliphatic carbocycles. The van der Waals surface area contributed by atoms with Gasteiger partial charge in [0, 0.05) is 26.2 Å². The lowest BCUT2D eigenvalue weighted by Gasteiger charge is -2.06. The number of hydrogen-bond donors (Lipinski definition) is 1. The van der Waals surface area contributed by atoms with Crippen LogP contribution in [0.5, 0.6) is 0 Å². The zero-order valence-corrected chi connectivity index (χ0v) is 11.7. The van der Waals surface area contributed by atoms with Crippen molar-refractivity contribution < 1.29 is 9.72 Å². The van der Waals surface area contributed by atoms with Crippen LogP contribution in [0.25, 0.3) is 0 Å². The number of carbonyl (C=O) groups excluding carboxylic acids is 1. The maximum Gasteiger partial charge on any atom is 0.319 e. The van der Waals surface area contributed by atoms with Crippen LogP contribution in [0.4, 0.5) is 5.69 Å². The fourth-order valence-electron chi connectivity index (χ4n) is 1.70. The van der Waals surface area contributed by atoms with E-state index in [1.807, 2.05) is 0 Å². The lowest BCUT2D eigenvalue weighted by atomic mass is 10.2. The molecule has 0 saturated carbocycles. The lowest BCUT2D eigenvalue weighted by molar-refractivity contribution is -0.385. The van der Waals surface area contributed by atoms with E-state index < -0.39 is 16.5 Å². The molecule has 21 heavy (non-hydrogen) atoms. The first-order chi connectivity index (χ1) is 10.0. The summed E-state index contributed by atoms with van der Waals surface area (Å²) in [6.07, 6.45) is 3.24. The van der Waals surface area contributed by atoms with Crippen LogP contribution in [-0.4, -0.2) is 37.1 Å². The highest BCUT2D eigenvalue weighted by Gasteiger charge is 2.24. The predicted octanol–water partition coefficient (Wildman–Crippen LogP) is 0.744. The standard InChI is InChI=1S/C11H11ClN6O3/c1-17-6-15-16-8(17)3-5-14-11(19)7-2-4-13-10(12)9(7)18(20)21/h2,4,6H,3,5H2,1H3,(H,14,19). The van der Waals surface area contributed by atoms with Gasteiger partial charge in [0.05, 0.1) is 4.92 Å². The Morgan fingerprint density at radius 3 is 2.95 bits per heavy atom. The van der Waals surface area contributed by atoms with Crippen molar-refractivity contribution in [1.82, 2.24) is 25.1 Å². The quantitative estimate of drug-likeness (QED) is 0.495. The number of hydrogen-bond acceptors (Lipinski definition) is 6. The van der Waals surface area contributed by atoms with Crippen molar-refractivity contribution in [3.8, 4) is 0 Å². The Labute approximate surface area is 124 Å². The Hall–Kier alpha value is -2.55. The van der Waals surface area contributed by atoms with Crippen LogP contribution < -0.4 is 5.32 Å². The van der Waals surface area contributed by atoms with Gasteiger partial charge in [-0.3, -0.25) is 14.9 Å². The normalized spacial score (nSPS) is 10.4. The highest BCUT2D eigenvalue weighted by Crippen LogP contribution is 2.25. The van der Waals surface area contributed by atoms with Gasteiger partial charge in [-0.05, 0) is 6.07 Å². The van der Waals surface area contributed by atoms with Crippen LogP contribution in [0.3, 0.4) is 0 Å². The Morgan fingerprint density at radius 2 is 2.33 bits per heavy atom. The number of aryl methyl sites for hydroxylation is 1. The first-order valence-corrected chi connectivity index (χ1v) is 6.28. The second kappa shape index (κ2) is 6.27. The number of nitrogens with zero attached hydrogens (tertiary/aromatic N) is 5.